The normalized spacial score (nSPS) is 13.7. The Kier molecular flexibility index (Phi) is 18.0. The summed E-state index contributed by atoms with van der Waals surface area (Å²) < 4.78 is 0. The zero-order chi connectivity index (χ0) is 25.1. The van der Waals surface area contributed by atoms with Gasteiger partial charge >= 0.3 is 11.9 Å². The van der Waals surface area contributed by atoms with Gasteiger partial charge in [0.25, 0.3) is 0 Å². The standard InChI is InChI=1S/C23H44N4O6/c1-2-3-4-5-6-7-8-9-10-16-26-21(29)17(24)14-15-20(28)27-19(23(32)33)13-11-12-18(25)22(30)31/h17-19H,2-16,24-25H2,1H3,(H,26,29)(H,27,28)(H,30,31)(H,32,33)/t17-,18?,19?/m1/s1. The van der Waals surface area contributed by atoms with Crippen molar-refractivity contribution in [1.82, 2.24) is 10.6 Å². The number of nitrogens with two attached hydrogens (primary N) is 2. The third kappa shape index (κ3) is 17.0. The third-order valence-corrected chi connectivity index (χ3v) is 5.56. The highest BCUT2D eigenvalue weighted by atomic mass is 16.4. The number of carboxylic acids is 2. The van der Waals surface area contributed by atoms with E-state index in [4.69, 9.17) is 16.6 Å². The Balaban J connectivity index is 3.97. The maximum Gasteiger partial charge on any atom is 0.326 e. The number of hydrogen-bond acceptors (Lipinski definition) is 6. The summed E-state index contributed by atoms with van der Waals surface area (Å²) in [6.07, 6.45) is 11.2. The molecule has 0 aromatic heterocycles. The lowest BCUT2D eigenvalue weighted by Crippen LogP contribution is -2.44. The number of rotatable bonds is 21. The SMILES string of the molecule is CCCCCCCCCCCNC(=O)[C@H](N)CCC(=O)NC(CCCC(N)C(=O)O)C(=O)O. The van der Waals surface area contributed by atoms with Gasteiger partial charge in [-0.25, -0.2) is 4.79 Å². The van der Waals surface area contributed by atoms with Crippen LogP contribution in [-0.4, -0.2) is 58.6 Å². The Hall–Kier alpha value is -2.20. The van der Waals surface area contributed by atoms with Crippen molar-refractivity contribution in [1.29, 1.82) is 0 Å². The minimum absolute atomic E-state index is 0.0628. The van der Waals surface area contributed by atoms with Gasteiger partial charge in [-0.3, -0.25) is 14.4 Å². The maximum atomic E-state index is 12.1. The first-order chi connectivity index (χ1) is 15.7. The fraction of sp³-hybridized carbons (Fsp3) is 0.826. The predicted molar refractivity (Wildman–Crippen MR) is 126 cm³/mol. The molecule has 0 bridgehead atoms. The molecule has 0 saturated carbocycles. The van der Waals surface area contributed by atoms with Crippen molar-refractivity contribution < 1.29 is 29.4 Å². The second-order valence-corrected chi connectivity index (χ2v) is 8.60. The average molecular weight is 473 g/mol. The molecule has 192 valence electrons. The lowest BCUT2D eigenvalue weighted by molar-refractivity contribution is -0.142. The van der Waals surface area contributed by atoms with Gasteiger partial charge in [0.05, 0.1) is 6.04 Å². The van der Waals surface area contributed by atoms with Crippen LogP contribution in [0.25, 0.3) is 0 Å². The van der Waals surface area contributed by atoms with Crippen LogP contribution in [0.4, 0.5) is 0 Å². The molecule has 2 amide bonds. The van der Waals surface area contributed by atoms with Crippen LogP contribution in [0.1, 0.15) is 96.8 Å². The summed E-state index contributed by atoms with van der Waals surface area (Å²) in [6, 6.07) is -3.05. The lowest BCUT2D eigenvalue weighted by atomic mass is 10.1. The molecule has 2 unspecified atom stereocenters. The van der Waals surface area contributed by atoms with E-state index in [1.807, 2.05) is 0 Å². The molecule has 10 nitrogen and oxygen atoms in total. The summed E-state index contributed by atoms with van der Waals surface area (Å²) in [7, 11) is 0. The molecule has 0 heterocycles. The zero-order valence-corrected chi connectivity index (χ0v) is 20.0. The lowest BCUT2D eigenvalue weighted by Gasteiger charge is -2.16. The van der Waals surface area contributed by atoms with Gasteiger partial charge in [0, 0.05) is 13.0 Å². The molecule has 0 aliphatic carbocycles. The van der Waals surface area contributed by atoms with Crippen molar-refractivity contribution in [2.75, 3.05) is 6.54 Å². The van der Waals surface area contributed by atoms with Crippen molar-refractivity contribution in [3.63, 3.8) is 0 Å². The van der Waals surface area contributed by atoms with Gasteiger partial charge in [-0.05, 0) is 32.1 Å². The molecule has 0 spiro atoms. The molecule has 0 aromatic carbocycles. The fourth-order valence-electron chi connectivity index (χ4n) is 3.39. The molecule has 0 fully saturated rings. The van der Waals surface area contributed by atoms with Crippen LogP contribution in [0.3, 0.4) is 0 Å². The molecule has 3 atom stereocenters. The van der Waals surface area contributed by atoms with Crippen molar-refractivity contribution >= 4 is 23.8 Å². The number of amides is 2. The Morgan fingerprint density at radius 2 is 1.30 bits per heavy atom. The van der Waals surface area contributed by atoms with Crippen molar-refractivity contribution in [2.24, 2.45) is 11.5 Å². The molecule has 0 aliphatic heterocycles. The number of carboxylic acid groups (broad SMARTS) is 2. The summed E-state index contributed by atoms with van der Waals surface area (Å²) in [6.45, 7) is 2.75. The summed E-state index contributed by atoms with van der Waals surface area (Å²) in [4.78, 5) is 46.1. The van der Waals surface area contributed by atoms with Crippen LogP contribution in [0.2, 0.25) is 0 Å². The minimum Gasteiger partial charge on any atom is -0.480 e. The summed E-state index contributed by atoms with van der Waals surface area (Å²) in [5.74, 6) is -3.21. The summed E-state index contributed by atoms with van der Waals surface area (Å²) >= 11 is 0. The largest absolute Gasteiger partial charge is 0.480 e. The van der Waals surface area contributed by atoms with Crippen LogP contribution in [0, 0.1) is 0 Å². The maximum absolute atomic E-state index is 12.1. The van der Waals surface area contributed by atoms with Crippen molar-refractivity contribution in [2.45, 2.75) is 115 Å². The first-order valence-electron chi connectivity index (χ1n) is 12.2. The smallest absolute Gasteiger partial charge is 0.326 e. The number of aliphatic carboxylic acids is 2. The van der Waals surface area contributed by atoms with E-state index in [0.717, 1.165) is 19.3 Å². The highest BCUT2D eigenvalue weighted by molar-refractivity contribution is 5.85. The highest BCUT2D eigenvalue weighted by Crippen LogP contribution is 2.09. The molecular weight excluding hydrogens is 428 g/mol. The second-order valence-electron chi connectivity index (χ2n) is 8.60. The van der Waals surface area contributed by atoms with E-state index in [1.54, 1.807) is 0 Å². The molecule has 8 N–H and O–H groups in total. The Morgan fingerprint density at radius 1 is 0.727 bits per heavy atom. The average Bonchev–Trinajstić information content (AvgIpc) is 2.77. The molecule has 33 heavy (non-hydrogen) atoms. The molecule has 0 radical (unpaired) electrons. The zero-order valence-electron chi connectivity index (χ0n) is 20.0. The number of carbonyl (C=O) groups is 4. The monoisotopic (exact) mass is 472 g/mol. The molecule has 0 saturated heterocycles. The summed E-state index contributed by atoms with van der Waals surface area (Å²) in [5, 5.41) is 23.2. The van der Waals surface area contributed by atoms with Gasteiger partial charge in [-0.15, -0.1) is 0 Å². The van der Waals surface area contributed by atoms with E-state index >= 15 is 0 Å². The highest BCUT2D eigenvalue weighted by Gasteiger charge is 2.22. The number of carbonyl (C=O) groups excluding carboxylic acids is 2. The van der Waals surface area contributed by atoms with Gasteiger partial charge in [0.15, 0.2) is 0 Å². The third-order valence-electron chi connectivity index (χ3n) is 5.56. The van der Waals surface area contributed by atoms with Crippen LogP contribution < -0.4 is 22.1 Å². The van der Waals surface area contributed by atoms with E-state index in [9.17, 15) is 24.3 Å². The van der Waals surface area contributed by atoms with Gasteiger partial charge in [-0.1, -0.05) is 58.3 Å². The van der Waals surface area contributed by atoms with E-state index in [1.165, 1.54) is 38.5 Å². The Bertz CT molecular complexity index is 587. The first kappa shape index (κ1) is 30.8. The van der Waals surface area contributed by atoms with Crippen LogP contribution in [0.15, 0.2) is 0 Å². The van der Waals surface area contributed by atoms with Gasteiger partial charge in [0.1, 0.15) is 12.1 Å². The molecule has 0 aliphatic rings. The van der Waals surface area contributed by atoms with Crippen molar-refractivity contribution in [3.05, 3.63) is 0 Å². The van der Waals surface area contributed by atoms with Gasteiger partial charge < -0.3 is 32.3 Å². The second kappa shape index (κ2) is 19.3. The fourth-order valence-corrected chi connectivity index (χ4v) is 3.39. The van der Waals surface area contributed by atoms with Crippen molar-refractivity contribution in [3.8, 4) is 0 Å². The Labute approximate surface area is 197 Å². The number of unbranched alkanes of at least 4 members (excludes halogenated alkanes) is 8. The van der Waals surface area contributed by atoms with E-state index in [-0.39, 0.29) is 38.0 Å². The molecule has 10 heteroatoms. The van der Waals surface area contributed by atoms with Crippen LogP contribution >= 0.6 is 0 Å². The summed E-state index contributed by atoms with van der Waals surface area (Å²) in [5.41, 5.74) is 11.2. The van der Waals surface area contributed by atoms with E-state index < -0.39 is 36.0 Å². The quantitative estimate of drug-likeness (QED) is 0.137. The molecule has 0 rings (SSSR count). The van der Waals surface area contributed by atoms with E-state index in [2.05, 4.69) is 17.6 Å². The number of nitrogens with one attached hydrogen (secondary N) is 2. The first-order valence-corrected chi connectivity index (χ1v) is 12.2. The Morgan fingerprint density at radius 3 is 1.85 bits per heavy atom. The van der Waals surface area contributed by atoms with Crippen LogP contribution in [0.5, 0.6) is 0 Å². The van der Waals surface area contributed by atoms with E-state index in [0.29, 0.717) is 6.54 Å². The van der Waals surface area contributed by atoms with Gasteiger partial charge in [-0.2, -0.15) is 0 Å². The number of hydrogen-bond donors (Lipinski definition) is 6. The minimum atomic E-state index is -1.21. The topological polar surface area (TPSA) is 185 Å². The van der Waals surface area contributed by atoms with Gasteiger partial charge in [0.2, 0.25) is 11.8 Å². The predicted octanol–water partition coefficient (Wildman–Crippen LogP) is 1.89. The van der Waals surface area contributed by atoms with Crippen LogP contribution in [-0.2, 0) is 19.2 Å². The molecular formula is C23H44N4O6. The molecule has 0 aromatic rings.